The highest BCUT2D eigenvalue weighted by molar-refractivity contribution is 5.70. The molecule has 6 atom stereocenters. The van der Waals surface area contributed by atoms with Crippen LogP contribution in [0.1, 0.15) is 168 Å². The molecule has 1 fully saturated rings. The van der Waals surface area contributed by atoms with Crippen molar-refractivity contribution in [3.63, 3.8) is 0 Å². The second-order valence-corrected chi connectivity index (χ2v) is 14.9. The number of hydrogen-bond acceptors (Lipinski definition) is 10. The first-order valence-electron chi connectivity index (χ1n) is 21.8. The Hall–Kier alpha value is -2.34. The summed E-state index contributed by atoms with van der Waals surface area (Å²) in [6, 6.07) is 0. The fourth-order valence-electron chi connectivity index (χ4n) is 6.37. The van der Waals surface area contributed by atoms with Crippen molar-refractivity contribution in [3.8, 4) is 0 Å². The zero-order valence-corrected chi connectivity index (χ0v) is 34.4. The van der Waals surface area contributed by atoms with Crippen LogP contribution in [0.5, 0.6) is 0 Å². The number of unbranched alkanes of at least 4 members (excludes halogenated alkanes) is 19. The monoisotopic (exact) mass is 779 g/mol. The molecule has 0 aliphatic carbocycles. The van der Waals surface area contributed by atoms with Crippen LogP contribution >= 0.6 is 0 Å². The minimum absolute atomic E-state index is 0.184. The fourth-order valence-corrected chi connectivity index (χ4v) is 6.37. The molecule has 1 saturated heterocycles. The molecule has 10 nitrogen and oxygen atoms in total. The van der Waals surface area contributed by atoms with E-state index in [1.54, 1.807) is 0 Å². The molecule has 1 rings (SSSR count). The third kappa shape index (κ3) is 27.8. The van der Waals surface area contributed by atoms with Gasteiger partial charge in [-0.05, 0) is 32.1 Å². The van der Waals surface area contributed by atoms with Gasteiger partial charge in [0.1, 0.15) is 31.0 Å². The molecule has 0 bridgehead atoms. The molecule has 0 radical (unpaired) electrons. The van der Waals surface area contributed by atoms with Crippen molar-refractivity contribution >= 4 is 11.9 Å². The number of allylic oxidation sites excluding steroid dienone is 8. The Labute approximate surface area is 333 Å². The van der Waals surface area contributed by atoms with Gasteiger partial charge >= 0.3 is 11.9 Å². The van der Waals surface area contributed by atoms with Crippen LogP contribution in [-0.4, -0.2) is 89.0 Å². The van der Waals surface area contributed by atoms with Gasteiger partial charge in [-0.2, -0.15) is 0 Å². The van der Waals surface area contributed by atoms with Gasteiger partial charge in [-0.15, -0.1) is 0 Å². The van der Waals surface area contributed by atoms with E-state index in [0.29, 0.717) is 6.42 Å². The lowest BCUT2D eigenvalue weighted by molar-refractivity contribution is -0.305. The topological polar surface area (TPSA) is 152 Å². The molecule has 10 heteroatoms. The summed E-state index contributed by atoms with van der Waals surface area (Å²) in [7, 11) is 0. The minimum Gasteiger partial charge on any atom is -0.462 e. The van der Waals surface area contributed by atoms with Crippen LogP contribution in [0.4, 0.5) is 0 Å². The average Bonchev–Trinajstić information content (AvgIpc) is 3.18. The molecule has 0 aromatic carbocycles. The quantitative estimate of drug-likeness (QED) is 0.0279. The van der Waals surface area contributed by atoms with Gasteiger partial charge in [0.25, 0.3) is 0 Å². The van der Waals surface area contributed by atoms with Crippen molar-refractivity contribution in [2.75, 3.05) is 19.8 Å². The SMILES string of the molecule is CC/C=C/C=C/C=C/C=C/CCCCCC(=O)OC(COC(=O)CCCCCCCCCCCCCCCCCCC)CO[C@H]1O[C@@H](CO)[C@@H](O)C(O)C1O. The predicted molar refractivity (Wildman–Crippen MR) is 219 cm³/mol. The number of carbonyl (C=O) groups excluding carboxylic acids is 2. The van der Waals surface area contributed by atoms with Gasteiger partial charge in [-0.25, -0.2) is 0 Å². The van der Waals surface area contributed by atoms with Gasteiger partial charge in [0.2, 0.25) is 0 Å². The van der Waals surface area contributed by atoms with Crippen molar-refractivity contribution in [2.45, 2.75) is 205 Å². The van der Waals surface area contributed by atoms with Crippen LogP contribution in [0.2, 0.25) is 0 Å². The molecule has 0 spiro atoms. The van der Waals surface area contributed by atoms with Crippen LogP contribution in [0.15, 0.2) is 48.6 Å². The molecular weight excluding hydrogens is 700 g/mol. The zero-order valence-electron chi connectivity index (χ0n) is 34.4. The van der Waals surface area contributed by atoms with Gasteiger partial charge in [0.15, 0.2) is 12.4 Å². The Morgan fingerprint density at radius 1 is 0.582 bits per heavy atom. The number of aliphatic hydroxyl groups excluding tert-OH is 4. The normalized spacial score (nSPS) is 21.0. The molecule has 1 aliphatic rings. The lowest BCUT2D eigenvalue weighted by Gasteiger charge is -2.39. The molecule has 1 aliphatic heterocycles. The molecule has 0 aromatic rings. The highest BCUT2D eigenvalue weighted by atomic mass is 16.7. The Morgan fingerprint density at radius 3 is 1.62 bits per heavy atom. The summed E-state index contributed by atoms with van der Waals surface area (Å²) in [4.78, 5) is 25.3. The average molecular weight is 779 g/mol. The van der Waals surface area contributed by atoms with Gasteiger partial charge < -0.3 is 39.4 Å². The van der Waals surface area contributed by atoms with Crippen LogP contribution < -0.4 is 0 Å². The minimum atomic E-state index is -1.60. The molecular formula is C45H78O10. The van der Waals surface area contributed by atoms with Crippen molar-refractivity contribution in [2.24, 2.45) is 0 Å². The van der Waals surface area contributed by atoms with Crippen LogP contribution in [-0.2, 0) is 28.5 Å². The van der Waals surface area contributed by atoms with E-state index in [4.69, 9.17) is 18.9 Å². The maximum absolute atomic E-state index is 12.7. The number of hydrogen-bond donors (Lipinski definition) is 4. The largest absolute Gasteiger partial charge is 0.462 e. The van der Waals surface area contributed by atoms with Gasteiger partial charge in [0, 0.05) is 12.8 Å². The molecule has 0 aromatic heterocycles. The summed E-state index contributed by atoms with van der Waals surface area (Å²) in [5.74, 6) is -0.851. The fraction of sp³-hybridized carbons (Fsp3) is 0.778. The maximum Gasteiger partial charge on any atom is 0.306 e. The molecule has 1 heterocycles. The molecule has 318 valence electrons. The first kappa shape index (κ1) is 50.7. The second-order valence-electron chi connectivity index (χ2n) is 14.9. The molecule has 0 saturated carbocycles. The Morgan fingerprint density at radius 2 is 1.07 bits per heavy atom. The second kappa shape index (κ2) is 36.0. The van der Waals surface area contributed by atoms with Crippen molar-refractivity contribution < 1.29 is 49.0 Å². The van der Waals surface area contributed by atoms with E-state index in [1.807, 2.05) is 36.5 Å². The van der Waals surface area contributed by atoms with E-state index in [2.05, 4.69) is 26.0 Å². The highest BCUT2D eigenvalue weighted by Crippen LogP contribution is 2.22. The van der Waals surface area contributed by atoms with E-state index in [0.717, 1.165) is 44.9 Å². The first-order chi connectivity index (χ1) is 26.8. The Bertz CT molecular complexity index is 1040. The predicted octanol–water partition coefficient (Wildman–Crippen LogP) is 8.88. The Kier molecular flexibility index (Phi) is 33.2. The van der Waals surface area contributed by atoms with Crippen molar-refractivity contribution in [1.29, 1.82) is 0 Å². The standard InChI is InChI=1S/C45H78O10/c1-3-5-7-9-11-13-15-17-18-19-20-22-23-25-27-29-31-33-40(47)52-36-38(37-53-45-44(51)43(50)42(49)39(35-46)55-45)54-41(48)34-32-30-28-26-24-21-16-14-12-10-8-6-4-2/h6,8,10,12,14,16,21,24,38-39,42-46,49-51H,3-5,7,9,11,13,15,17-20,22-23,25-37H2,1-2H3/b8-6+,12-10+,16-14+,24-21+/t38?,39-,42+,43?,44?,45-/m0/s1. The van der Waals surface area contributed by atoms with E-state index < -0.39 is 49.4 Å². The summed E-state index contributed by atoms with van der Waals surface area (Å²) in [6.45, 7) is 3.24. The number of esters is 2. The van der Waals surface area contributed by atoms with Crippen LogP contribution in [0, 0.1) is 0 Å². The summed E-state index contributed by atoms with van der Waals surface area (Å²) in [5, 5.41) is 40.0. The van der Waals surface area contributed by atoms with E-state index in [-0.39, 0.29) is 32.0 Å². The van der Waals surface area contributed by atoms with Crippen LogP contribution in [0.25, 0.3) is 0 Å². The summed E-state index contributed by atoms with van der Waals surface area (Å²) >= 11 is 0. The zero-order chi connectivity index (χ0) is 40.2. The number of aliphatic hydroxyl groups is 4. The van der Waals surface area contributed by atoms with E-state index in [1.165, 1.54) is 89.9 Å². The number of carbonyl (C=O) groups is 2. The van der Waals surface area contributed by atoms with E-state index >= 15 is 0 Å². The molecule has 55 heavy (non-hydrogen) atoms. The number of rotatable bonds is 35. The van der Waals surface area contributed by atoms with Gasteiger partial charge in [-0.1, -0.05) is 172 Å². The highest BCUT2D eigenvalue weighted by Gasteiger charge is 2.44. The smallest absolute Gasteiger partial charge is 0.306 e. The summed E-state index contributed by atoms with van der Waals surface area (Å²) in [6.07, 6.45) is 34.1. The van der Waals surface area contributed by atoms with Crippen molar-refractivity contribution in [1.82, 2.24) is 0 Å². The summed E-state index contributed by atoms with van der Waals surface area (Å²) < 4.78 is 22.1. The third-order valence-electron chi connectivity index (χ3n) is 9.82. The van der Waals surface area contributed by atoms with E-state index in [9.17, 15) is 30.0 Å². The molecule has 4 N–H and O–H groups in total. The summed E-state index contributed by atoms with van der Waals surface area (Å²) in [5.41, 5.74) is 0. The number of ether oxygens (including phenoxy) is 4. The lowest BCUT2D eigenvalue weighted by atomic mass is 9.99. The first-order valence-corrected chi connectivity index (χ1v) is 21.8. The lowest BCUT2D eigenvalue weighted by Crippen LogP contribution is -2.59. The molecule has 0 amide bonds. The maximum atomic E-state index is 12.7. The third-order valence-corrected chi connectivity index (χ3v) is 9.82. The van der Waals surface area contributed by atoms with Gasteiger partial charge in [0.05, 0.1) is 13.2 Å². The van der Waals surface area contributed by atoms with Gasteiger partial charge in [-0.3, -0.25) is 9.59 Å². The van der Waals surface area contributed by atoms with Crippen molar-refractivity contribution in [3.05, 3.63) is 48.6 Å². The molecule has 3 unspecified atom stereocenters. The van der Waals surface area contributed by atoms with Crippen LogP contribution in [0.3, 0.4) is 0 Å². The Balaban J connectivity index is 2.35.